The predicted octanol–water partition coefficient (Wildman–Crippen LogP) is -0.0238. The second-order valence-corrected chi connectivity index (χ2v) is 3.48. The van der Waals surface area contributed by atoms with Crippen LogP contribution in [0.15, 0.2) is 17.1 Å². The van der Waals surface area contributed by atoms with Gasteiger partial charge in [0.05, 0.1) is 13.5 Å². The lowest BCUT2D eigenvalue weighted by molar-refractivity contribution is -0.140. The van der Waals surface area contributed by atoms with Crippen LogP contribution >= 0.6 is 0 Å². The molecule has 0 unspecified atom stereocenters. The number of hydrogen-bond acceptors (Lipinski definition) is 4. The number of hydrogen-bond donors (Lipinski definition) is 2. The molecule has 0 saturated carbocycles. The Morgan fingerprint density at radius 2 is 2.18 bits per heavy atom. The minimum Gasteiger partial charge on any atom is -0.469 e. The Labute approximate surface area is 98.0 Å². The standard InChI is InChI=1S/C11H14N2O4/c1-7-5-9(14)8(6-13-7)11(16)12-4-3-10(15)17-2/h5-6H,3-4H2,1-2H3,(H,12,16)(H,13,14). The average molecular weight is 238 g/mol. The molecule has 0 aliphatic heterocycles. The van der Waals surface area contributed by atoms with Gasteiger partial charge in [-0.25, -0.2) is 0 Å². The molecule has 1 aromatic rings. The van der Waals surface area contributed by atoms with E-state index < -0.39 is 11.9 Å². The number of carbonyl (C=O) groups excluding carboxylic acids is 2. The van der Waals surface area contributed by atoms with Crippen molar-refractivity contribution in [2.45, 2.75) is 13.3 Å². The molecule has 6 nitrogen and oxygen atoms in total. The summed E-state index contributed by atoms with van der Waals surface area (Å²) in [6.45, 7) is 1.86. The highest BCUT2D eigenvalue weighted by Crippen LogP contribution is 1.92. The van der Waals surface area contributed by atoms with Crippen LogP contribution in [-0.2, 0) is 9.53 Å². The maximum Gasteiger partial charge on any atom is 0.307 e. The van der Waals surface area contributed by atoms with Crippen molar-refractivity contribution in [3.63, 3.8) is 0 Å². The van der Waals surface area contributed by atoms with Crippen molar-refractivity contribution >= 4 is 11.9 Å². The predicted molar refractivity (Wildman–Crippen MR) is 60.8 cm³/mol. The van der Waals surface area contributed by atoms with Crippen LogP contribution in [-0.4, -0.2) is 30.5 Å². The molecule has 2 N–H and O–H groups in total. The first-order valence-corrected chi connectivity index (χ1v) is 5.09. The summed E-state index contributed by atoms with van der Waals surface area (Å²) in [5.74, 6) is -0.918. The third kappa shape index (κ3) is 3.75. The van der Waals surface area contributed by atoms with Gasteiger partial charge >= 0.3 is 5.97 Å². The van der Waals surface area contributed by atoms with E-state index in [0.29, 0.717) is 5.69 Å². The van der Waals surface area contributed by atoms with Crippen molar-refractivity contribution in [3.8, 4) is 0 Å². The number of methoxy groups -OCH3 is 1. The molecule has 1 amide bonds. The van der Waals surface area contributed by atoms with Crippen LogP contribution in [0.3, 0.4) is 0 Å². The summed E-state index contributed by atoms with van der Waals surface area (Å²) in [6.07, 6.45) is 1.43. The van der Waals surface area contributed by atoms with Gasteiger partial charge in [0.2, 0.25) is 0 Å². The first-order chi connectivity index (χ1) is 8.04. The van der Waals surface area contributed by atoms with Gasteiger partial charge in [-0.2, -0.15) is 0 Å². The SMILES string of the molecule is COC(=O)CCNC(=O)c1c[nH]c(C)cc1=O. The molecular formula is C11H14N2O4. The van der Waals surface area contributed by atoms with Gasteiger partial charge in [-0.15, -0.1) is 0 Å². The largest absolute Gasteiger partial charge is 0.469 e. The molecule has 1 heterocycles. The number of rotatable bonds is 4. The number of carbonyl (C=O) groups is 2. The fraction of sp³-hybridized carbons (Fsp3) is 0.364. The zero-order valence-corrected chi connectivity index (χ0v) is 9.70. The molecule has 0 aliphatic carbocycles. The Bertz CT molecular complexity index is 479. The van der Waals surface area contributed by atoms with Crippen LogP contribution in [0.4, 0.5) is 0 Å². The monoisotopic (exact) mass is 238 g/mol. The Morgan fingerprint density at radius 3 is 2.76 bits per heavy atom. The number of esters is 1. The van der Waals surface area contributed by atoms with Crippen LogP contribution in [0.5, 0.6) is 0 Å². The first kappa shape index (κ1) is 13.0. The maximum atomic E-state index is 11.6. The summed E-state index contributed by atoms with van der Waals surface area (Å²) in [4.78, 5) is 36.6. The smallest absolute Gasteiger partial charge is 0.307 e. The maximum absolute atomic E-state index is 11.6. The van der Waals surface area contributed by atoms with Gasteiger partial charge < -0.3 is 15.0 Å². The number of aromatic nitrogens is 1. The summed E-state index contributed by atoms with van der Waals surface area (Å²) < 4.78 is 4.42. The van der Waals surface area contributed by atoms with Gasteiger partial charge in [0, 0.05) is 24.5 Å². The number of pyridine rings is 1. The van der Waals surface area contributed by atoms with Crippen molar-refractivity contribution < 1.29 is 14.3 Å². The van der Waals surface area contributed by atoms with E-state index in [0.717, 1.165) is 0 Å². The van der Waals surface area contributed by atoms with Crippen LogP contribution < -0.4 is 10.7 Å². The van der Waals surface area contributed by atoms with E-state index in [9.17, 15) is 14.4 Å². The van der Waals surface area contributed by atoms with E-state index in [4.69, 9.17) is 0 Å². The van der Waals surface area contributed by atoms with Crippen LogP contribution in [0.1, 0.15) is 22.5 Å². The van der Waals surface area contributed by atoms with Crippen molar-refractivity contribution in [2.75, 3.05) is 13.7 Å². The third-order valence-corrected chi connectivity index (χ3v) is 2.14. The summed E-state index contributed by atoms with van der Waals surface area (Å²) in [6, 6.07) is 1.34. The number of nitrogens with one attached hydrogen (secondary N) is 2. The summed E-state index contributed by atoms with van der Waals surface area (Å²) in [7, 11) is 1.27. The van der Waals surface area contributed by atoms with Gasteiger partial charge in [0.15, 0.2) is 5.43 Å². The molecule has 1 rings (SSSR count). The highest BCUT2D eigenvalue weighted by atomic mass is 16.5. The Hall–Kier alpha value is -2.11. The van der Waals surface area contributed by atoms with Crippen LogP contribution in [0, 0.1) is 6.92 Å². The second-order valence-electron chi connectivity index (χ2n) is 3.48. The average Bonchev–Trinajstić information content (AvgIpc) is 2.28. The van der Waals surface area contributed by atoms with Crippen LogP contribution in [0.25, 0.3) is 0 Å². The summed E-state index contributed by atoms with van der Waals surface area (Å²) >= 11 is 0. The number of aryl methyl sites for hydroxylation is 1. The molecule has 6 heteroatoms. The Balaban J connectivity index is 2.59. The van der Waals surface area contributed by atoms with E-state index in [1.165, 1.54) is 19.4 Å². The fourth-order valence-corrected chi connectivity index (χ4v) is 1.23. The van der Waals surface area contributed by atoms with E-state index in [2.05, 4.69) is 15.0 Å². The molecule has 0 aliphatic rings. The summed E-state index contributed by atoms with van der Waals surface area (Å²) in [5, 5.41) is 2.46. The van der Waals surface area contributed by atoms with Gasteiger partial charge in [-0.05, 0) is 6.92 Å². The van der Waals surface area contributed by atoms with Gasteiger partial charge in [0.25, 0.3) is 5.91 Å². The zero-order valence-electron chi connectivity index (χ0n) is 9.70. The summed E-state index contributed by atoms with van der Waals surface area (Å²) in [5.41, 5.74) is 0.360. The Kier molecular flexibility index (Phi) is 4.45. The third-order valence-electron chi connectivity index (χ3n) is 2.14. The number of aromatic amines is 1. The lowest BCUT2D eigenvalue weighted by Crippen LogP contribution is -2.30. The van der Waals surface area contributed by atoms with E-state index in [1.54, 1.807) is 6.92 Å². The van der Waals surface area contributed by atoms with Gasteiger partial charge in [-0.3, -0.25) is 14.4 Å². The highest BCUT2D eigenvalue weighted by Gasteiger charge is 2.10. The molecule has 17 heavy (non-hydrogen) atoms. The van der Waals surface area contributed by atoms with E-state index in [1.807, 2.05) is 0 Å². The normalized spacial score (nSPS) is 9.76. The molecule has 0 radical (unpaired) electrons. The van der Waals surface area contributed by atoms with Crippen molar-refractivity contribution in [1.82, 2.24) is 10.3 Å². The molecule has 1 aromatic heterocycles. The van der Waals surface area contributed by atoms with Gasteiger partial charge in [-0.1, -0.05) is 0 Å². The first-order valence-electron chi connectivity index (χ1n) is 5.09. The number of amides is 1. The molecule has 0 fully saturated rings. The van der Waals surface area contributed by atoms with Gasteiger partial charge in [0.1, 0.15) is 5.56 Å². The Morgan fingerprint density at radius 1 is 1.47 bits per heavy atom. The van der Waals surface area contributed by atoms with E-state index >= 15 is 0 Å². The highest BCUT2D eigenvalue weighted by molar-refractivity contribution is 5.93. The van der Waals surface area contributed by atoms with Crippen molar-refractivity contribution in [1.29, 1.82) is 0 Å². The molecular weight excluding hydrogens is 224 g/mol. The van der Waals surface area contributed by atoms with E-state index in [-0.39, 0.29) is 24.0 Å². The molecule has 0 saturated heterocycles. The minimum atomic E-state index is -0.504. The van der Waals surface area contributed by atoms with Crippen molar-refractivity contribution in [2.24, 2.45) is 0 Å². The molecule has 92 valence electrons. The quantitative estimate of drug-likeness (QED) is 0.721. The second kappa shape index (κ2) is 5.83. The molecule has 0 aromatic carbocycles. The lowest BCUT2D eigenvalue weighted by Gasteiger charge is -2.04. The molecule has 0 atom stereocenters. The number of H-pyrrole nitrogens is 1. The lowest BCUT2D eigenvalue weighted by atomic mass is 10.2. The molecule has 0 bridgehead atoms. The molecule has 0 spiro atoms. The number of ether oxygens (including phenoxy) is 1. The fourth-order valence-electron chi connectivity index (χ4n) is 1.23. The zero-order chi connectivity index (χ0) is 12.8. The van der Waals surface area contributed by atoms with Crippen LogP contribution in [0.2, 0.25) is 0 Å². The topological polar surface area (TPSA) is 88.3 Å². The minimum absolute atomic E-state index is 0.0282. The van der Waals surface area contributed by atoms with Crippen molar-refractivity contribution in [3.05, 3.63) is 33.7 Å².